The quantitative estimate of drug-likeness (QED) is 0.804. The number of amides is 1. The summed E-state index contributed by atoms with van der Waals surface area (Å²) in [7, 11) is 0. The smallest absolute Gasteiger partial charge is 0.262 e. The summed E-state index contributed by atoms with van der Waals surface area (Å²) in [4.78, 5) is 12.3. The molecule has 0 spiro atoms. The number of anilines is 1. The van der Waals surface area contributed by atoms with Crippen LogP contribution in [0.4, 0.5) is 5.69 Å². The molecule has 1 amide bonds. The van der Waals surface area contributed by atoms with Crippen LogP contribution in [0.3, 0.4) is 0 Å². The Hall–Kier alpha value is -1.81. The van der Waals surface area contributed by atoms with Gasteiger partial charge in [-0.3, -0.25) is 4.79 Å². The number of benzene rings is 2. The summed E-state index contributed by atoms with van der Waals surface area (Å²) in [6.45, 7) is 4.05. The van der Waals surface area contributed by atoms with E-state index in [-0.39, 0.29) is 12.5 Å². The van der Waals surface area contributed by atoms with Gasteiger partial charge in [-0.2, -0.15) is 0 Å². The van der Waals surface area contributed by atoms with Crippen molar-refractivity contribution in [2.75, 3.05) is 11.9 Å². The summed E-state index contributed by atoms with van der Waals surface area (Å²) >= 11 is 3.54. The third-order valence-electron chi connectivity index (χ3n) is 4.45. The maximum Gasteiger partial charge on any atom is 0.262 e. The lowest BCUT2D eigenvalue weighted by Crippen LogP contribution is -2.21. The first-order chi connectivity index (χ1) is 11.5. The summed E-state index contributed by atoms with van der Waals surface area (Å²) in [6, 6.07) is 10.0. The van der Waals surface area contributed by atoms with E-state index in [1.54, 1.807) is 0 Å². The van der Waals surface area contributed by atoms with Crippen LogP contribution in [0, 0.1) is 13.8 Å². The number of fused-ring (bicyclic) bond motifs is 1. The fourth-order valence-corrected chi connectivity index (χ4v) is 3.45. The van der Waals surface area contributed by atoms with E-state index >= 15 is 0 Å². The van der Waals surface area contributed by atoms with Crippen LogP contribution in [0.2, 0.25) is 0 Å². The number of hydrogen-bond acceptors (Lipinski definition) is 2. The van der Waals surface area contributed by atoms with Crippen LogP contribution in [0.1, 0.15) is 35.1 Å². The summed E-state index contributed by atoms with van der Waals surface area (Å²) in [5.41, 5.74) is 5.78. The van der Waals surface area contributed by atoms with Gasteiger partial charge in [0.05, 0.1) is 0 Å². The Morgan fingerprint density at radius 2 is 1.88 bits per heavy atom. The second-order valence-electron chi connectivity index (χ2n) is 6.36. The predicted octanol–water partition coefficient (Wildman–Crippen LogP) is 4.96. The molecule has 3 nitrogen and oxygen atoms in total. The Morgan fingerprint density at radius 1 is 1.17 bits per heavy atom. The predicted molar refractivity (Wildman–Crippen MR) is 101 cm³/mol. The summed E-state index contributed by atoms with van der Waals surface area (Å²) < 4.78 is 6.75. The molecule has 126 valence electrons. The van der Waals surface area contributed by atoms with Crippen LogP contribution in [-0.4, -0.2) is 12.5 Å². The first kappa shape index (κ1) is 17.0. The van der Waals surface area contributed by atoms with Gasteiger partial charge in [-0.1, -0.05) is 28.1 Å². The molecular weight excluding hydrogens is 366 g/mol. The lowest BCUT2D eigenvalue weighted by atomic mass is 9.90. The zero-order chi connectivity index (χ0) is 17.1. The summed E-state index contributed by atoms with van der Waals surface area (Å²) in [5.74, 6) is 0.602. The molecule has 0 bridgehead atoms. The van der Waals surface area contributed by atoms with Crippen LogP contribution in [-0.2, 0) is 17.6 Å². The average Bonchev–Trinajstić information content (AvgIpc) is 2.58. The molecule has 1 N–H and O–H groups in total. The lowest BCUT2D eigenvalue weighted by molar-refractivity contribution is -0.118. The number of nitrogens with one attached hydrogen (secondary N) is 1. The van der Waals surface area contributed by atoms with Gasteiger partial charge in [0.25, 0.3) is 5.91 Å². The van der Waals surface area contributed by atoms with Crippen molar-refractivity contribution in [3.63, 3.8) is 0 Å². The minimum Gasteiger partial charge on any atom is -0.484 e. The Bertz CT molecular complexity index is 747. The highest BCUT2D eigenvalue weighted by atomic mass is 79.9. The maximum atomic E-state index is 12.3. The third kappa shape index (κ3) is 3.81. The Kier molecular flexibility index (Phi) is 5.24. The van der Waals surface area contributed by atoms with E-state index < -0.39 is 0 Å². The van der Waals surface area contributed by atoms with E-state index in [1.807, 2.05) is 38.1 Å². The fraction of sp³-hybridized carbons (Fsp3) is 0.350. The molecule has 24 heavy (non-hydrogen) atoms. The molecule has 0 heterocycles. The topological polar surface area (TPSA) is 38.3 Å². The molecular formula is C20H22BrNO2. The number of aryl methyl sites for hydroxylation is 3. The minimum absolute atomic E-state index is 0.0180. The Morgan fingerprint density at radius 3 is 2.62 bits per heavy atom. The molecule has 1 aliphatic carbocycles. The van der Waals surface area contributed by atoms with Crippen molar-refractivity contribution in [3.05, 3.63) is 57.1 Å². The average molecular weight is 388 g/mol. The van der Waals surface area contributed by atoms with Gasteiger partial charge < -0.3 is 10.1 Å². The monoisotopic (exact) mass is 387 g/mol. The molecule has 2 aromatic carbocycles. The number of ether oxygens (including phenoxy) is 1. The van der Waals surface area contributed by atoms with Crippen LogP contribution >= 0.6 is 15.9 Å². The second-order valence-corrected chi connectivity index (χ2v) is 7.15. The number of rotatable bonds is 4. The van der Waals surface area contributed by atoms with Crippen LogP contribution in [0.15, 0.2) is 34.8 Å². The van der Waals surface area contributed by atoms with Gasteiger partial charge in [-0.25, -0.2) is 0 Å². The van der Waals surface area contributed by atoms with Crippen molar-refractivity contribution in [3.8, 4) is 5.75 Å². The van der Waals surface area contributed by atoms with Crippen molar-refractivity contribution < 1.29 is 9.53 Å². The van der Waals surface area contributed by atoms with Crippen molar-refractivity contribution in [1.29, 1.82) is 0 Å². The second kappa shape index (κ2) is 7.39. The van der Waals surface area contributed by atoms with E-state index in [1.165, 1.54) is 24.0 Å². The van der Waals surface area contributed by atoms with Crippen LogP contribution in [0.25, 0.3) is 0 Å². The third-order valence-corrected chi connectivity index (χ3v) is 5.70. The van der Waals surface area contributed by atoms with Gasteiger partial charge in [0, 0.05) is 10.2 Å². The first-order valence-electron chi connectivity index (χ1n) is 8.35. The fourth-order valence-electron chi connectivity index (χ4n) is 3.22. The van der Waals surface area contributed by atoms with Gasteiger partial charge in [-0.15, -0.1) is 0 Å². The lowest BCUT2D eigenvalue weighted by Gasteiger charge is -2.19. The van der Waals surface area contributed by atoms with Crippen molar-refractivity contribution in [1.82, 2.24) is 0 Å². The molecule has 0 aromatic heterocycles. The molecule has 3 rings (SSSR count). The molecule has 0 unspecified atom stereocenters. The van der Waals surface area contributed by atoms with Gasteiger partial charge in [0.1, 0.15) is 5.75 Å². The van der Waals surface area contributed by atoms with Crippen LogP contribution in [0.5, 0.6) is 5.75 Å². The number of halogens is 1. The summed E-state index contributed by atoms with van der Waals surface area (Å²) in [6.07, 6.45) is 4.56. The van der Waals surface area contributed by atoms with E-state index in [0.717, 1.165) is 39.9 Å². The minimum atomic E-state index is -0.118. The van der Waals surface area contributed by atoms with Crippen LogP contribution < -0.4 is 10.1 Å². The van der Waals surface area contributed by atoms with E-state index in [4.69, 9.17) is 4.74 Å². The first-order valence-corrected chi connectivity index (χ1v) is 9.14. The largest absolute Gasteiger partial charge is 0.484 e. The molecule has 4 heteroatoms. The standard InChI is InChI=1S/C20H22BrNO2/c1-13-10-16(11-14(2)20(13)21)24-12-19(23)22-18-9-5-7-15-6-3-4-8-17(15)18/h5,7,9-11H,3-4,6,8,12H2,1-2H3,(H,22,23). The van der Waals surface area contributed by atoms with E-state index in [9.17, 15) is 4.79 Å². The molecule has 0 saturated heterocycles. The number of hydrogen-bond donors (Lipinski definition) is 1. The van der Waals surface area contributed by atoms with Crippen molar-refractivity contribution in [2.45, 2.75) is 39.5 Å². The van der Waals surface area contributed by atoms with Crippen molar-refractivity contribution >= 4 is 27.5 Å². The zero-order valence-electron chi connectivity index (χ0n) is 14.1. The van der Waals surface area contributed by atoms with Gasteiger partial charge in [0.2, 0.25) is 0 Å². The number of carbonyl (C=O) groups is 1. The molecule has 0 atom stereocenters. The molecule has 2 aromatic rings. The van der Waals surface area contributed by atoms with E-state index in [0.29, 0.717) is 0 Å². The molecule has 0 saturated carbocycles. The Balaban J connectivity index is 1.65. The highest BCUT2D eigenvalue weighted by molar-refractivity contribution is 9.10. The Labute approximate surface area is 151 Å². The summed E-state index contributed by atoms with van der Waals surface area (Å²) in [5, 5.41) is 3.01. The van der Waals surface area contributed by atoms with Gasteiger partial charge in [0.15, 0.2) is 6.61 Å². The SMILES string of the molecule is Cc1cc(OCC(=O)Nc2cccc3c2CCCC3)cc(C)c1Br. The van der Waals surface area contributed by atoms with Crippen molar-refractivity contribution in [2.24, 2.45) is 0 Å². The molecule has 1 aliphatic rings. The normalized spacial score (nSPS) is 13.3. The van der Waals surface area contributed by atoms with Gasteiger partial charge >= 0.3 is 0 Å². The molecule has 0 fully saturated rings. The number of carbonyl (C=O) groups excluding carboxylic acids is 1. The zero-order valence-corrected chi connectivity index (χ0v) is 15.7. The maximum absolute atomic E-state index is 12.3. The molecule has 0 aliphatic heterocycles. The highest BCUT2D eigenvalue weighted by Crippen LogP contribution is 2.28. The molecule has 0 radical (unpaired) electrons. The van der Waals surface area contributed by atoms with E-state index in [2.05, 4.69) is 27.3 Å². The van der Waals surface area contributed by atoms with Gasteiger partial charge in [-0.05, 0) is 80.0 Å². The highest BCUT2D eigenvalue weighted by Gasteiger charge is 2.14.